The highest BCUT2D eigenvalue weighted by Gasteiger charge is 2.83. The molecule has 0 saturated carbocycles. The fourth-order valence-electron chi connectivity index (χ4n) is 2.15. The lowest BCUT2D eigenvalue weighted by atomic mass is 15.5. The summed E-state index contributed by atoms with van der Waals surface area (Å²) in [6.45, 7) is 0. The van der Waals surface area contributed by atoms with Gasteiger partial charge in [0.25, 0.3) is 0 Å². The van der Waals surface area contributed by atoms with E-state index in [1.165, 1.54) is 0 Å². The van der Waals surface area contributed by atoms with E-state index in [1.54, 1.807) is 0 Å². The van der Waals surface area contributed by atoms with E-state index < -0.39 is 72.9 Å². The summed E-state index contributed by atoms with van der Waals surface area (Å²) in [5.41, 5.74) is 0. The maximum absolute atomic E-state index is 10.5. The molecule has 0 amide bonds. The SMILES string of the molecule is O[Si]1O[Si]2(O)O[Si]3(O)O[Si](O)(O[Si])O[Si]4(O)O[Si](O)(O1)O[Si](O)(O2)O[Si](O)(O3)O4. The predicted octanol–water partition coefficient (Wildman–Crippen LogP) is -8.70. The van der Waals surface area contributed by atoms with Crippen molar-refractivity contribution in [2.45, 2.75) is 0 Å². The lowest BCUT2D eigenvalue weighted by molar-refractivity contribution is -0.108. The average molecular weight is 581 g/mol. The van der Waals surface area contributed by atoms with E-state index in [0.29, 0.717) is 0 Å². The zero-order valence-electron chi connectivity index (χ0n) is 13.0. The van der Waals surface area contributed by atoms with Crippen molar-refractivity contribution in [3.8, 4) is 0 Å². The number of fused-ring (bicyclic) bond motifs is 4. The summed E-state index contributed by atoms with van der Waals surface area (Å²) in [6.07, 6.45) is 0. The van der Waals surface area contributed by atoms with Gasteiger partial charge in [0.05, 0.1) is 0 Å². The van der Waals surface area contributed by atoms with E-state index in [-0.39, 0.29) is 0 Å². The van der Waals surface area contributed by atoms with Crippen LogP contribution in [0.1, 0.15) is 0 Å². The van der Waals surface area contributed by atoms with Crippen molar-refractivity contribution in [2.75, 3.05) is 0 Å². The Labute approximate surface area is 171 Å². The summed E-state index contributed by atoms with van der Waals surface area (Å²) in [4.78, 5) is 82.9. The highest BCUT2D eigenvalue weighted by atomic mass is 28.6. The molecule has 4 unspecified atom stereocenters. The Morgan fingerprint density at radius 2 is 0.793 bits per heavy atom. The van der Waals surface area contributed by atoms with Gasteiger partial charge >= 0.3 is 72.9 Å². The third-order valence-corrected chi connectivity index (χ3v) is 25.9. The minimum Gasteiger partial charge on any atom is -0.395 e. The van der Waals surface area contributed by atoms with Gasteiger partial charge in [-0.1, -0.05) is 0 Å². The van der Waals surface area contributed by atoms with Gasteiger partial charge in [-0.15, -0.1) is 0 Å². The van der Waals surface area contributed by atoms with Crippen LogP contribution < -0.4 is 0 Å². The monoisotopic (exact) mass is 580 g/mol. The molecule has 0 aromatic carbocycles. The fraction of sp³-hybridized carbons (Fsp3) is 0. The number of hydrogen-bond donors (Lipinski definition) is 8. The third-order valence-electron chi connectivity index (χ3n) is 2.88. The van der Waals surface area contributed by atoms with Crippen LogP contribution in [0.15, 0.2) is 0 Å². The molecular formula is H8O20Si9. The predicted molar refractivity (Wildman–Crippen MR) is 82.6 cm³/mol. The molecule has 0 spiro atoms. The molecule has 6 bridgehead atoms. The molecule has 4 fully saturated rings. The van der Waals surface area contributed by atoms with Crippen molar-refractivity contribution in [3.63, 3.8) is 0 Å². The van der Waals surface area contributed by atoms with Crippen molar-refractivity contribution in [1.82, 2.24) is 0 Å². The molecule has 20 nitrogen and oxygen atoms in total. The van der Waals surface area contributed by atoms with E-state index in [4.69, 9.17) is 37.0 Å². The Kier molecular flexibility index (Phi) is 5.49. The first-order valence-corrected chi connectivity index (χ1v) is 20.1. The lowest BCUT2D eigenvalue weighted by Gasteiger charge is -2.49. The first-order valence-electron chi connectivity index (χ1n) is 6.69. The van der Waals surface area contributed by atoms with E-state index in [1.807, 2.05) is 0 Å². The molecule has 4 heterocycles. The maximum Gasteiger partial charge on any atom is 0.659 e. The minimum absolute atomic E-state index is 2.35. The second-order valence-electron chi connectivity index (χ2n) is 5.16. The van der Waals surface area contributed by atoms with Gasteiger partial charge in [-0.3, -0.25) is 0 Å². The number of rotatable bonds is 1. The molecule has 4 aliphatic heterocycles. The second-order valence-corrected chi connectivity index (χ2v) is 22.8. The molecule has 0 aromatic rings. The lowest BCUT2D eigenvalue weighted by Crippen LogP contribution is -2.85. The summed E-state index contributed by atoms with van der Waals surface area (Å²) in [5, 5.41) is 0. The van der Waals surface area contributed by atoms with Gasteiger partial charge < -0.3 is 87.7 Å². The highest BCUT2D eigenvalue weighted by molar-refractivity contribution is 6.93. The summed E-state index contributed by atoms with van der Waals surface area (Å²) < 4.78 is 55.9. The van der Waals surface area contributed by atoms with E-state index in [2.05, 4.69) is 22.8 Å². The molecular weight excluding hydrogens is 573 g/mol. The standard InChI is InChI=1S/H8O20Si9/c1-22-10-24(3)14-26(5)12-23(2,9-21)13-27(6)15-25(4,11-22)17-28(7,16-24)20-29(8,18-26)19-27/h1-8H. The van der Waals surface area contributed by atoms with E-state index in [0.717, 1.165) is 0 Å². The molecule has 29 heavy (non-hydrogen) atoms. The normalized spacial score (nSPS) is 58.7. The van der Waals surface area contributed by atoms with E-state index in [9.17, 15) is 38.4 Å². The first-order chi connectivity index (χ1) is 13.0. The van der Waals surface area contributed by atoms with Crippen LogP contribution in [0.5, 0.6) is 0 Å². The minimum atomic E-state index is -5.63. The summed E-state index contributed by atoms with van der Waals surface area (Å²) >= 11 is 0. The fourth-order valence-corrected chi connectivity index (χ4v) is 27.6. The number of hydrogen-bond acceptors (Lipinski definition) is 20. The molecule has 0 aliphatic carbocycles. The molecule has 164 valence electrons. The van der Waals surface area contributed by atoms with Gasteiger partial charge in [0, 0.05) is 0 Å². The summed E-state index contributed by atoms with van der Waals surface area (Å²) in [6, 6.07) is 0. The van der Waals surface area contributed by atoms with Crippen molar-refractivity contribution in [2.24, 2.45) is 0 Å². The van der Waals surface area contributed by atoms with Gasteiger partial charge in [-0.2, -0.15) is 0 Å². The molecule has 8 N–H and O–H groups in total. The third kappa shape index (κ3) is 4.63. The largest absolute Gasteiger partial charge is 0.659 e. The molecule has 4 saturated heterocycles. The van der Waals surface area contributed by atoms with Crippen molar-refractivity contribution >= 4 is 83.3 Å². The van der Waals surface area contributed by atoms with Gasteiger partial charge in [0.2, 0.25) is 10.5 Å². The Morgan fingerprint density at radius 1 is 0.517 bits per heavy atom. The van der Waals surface area contributed by atoms with Crippen LogP contribution in [0.25, 0.3) is 0 Å². The van der Waals surface area contributed by atoms with Crippen molar-refractivity contribution < 1.29 is 87.7 Å². The van der Waals surface area contributed by atoms with Gasteiger partial charge in [-0.25, -0.2) is 0 Å². The Morgan fingerprint density at radius 3 is 1.10 bits per heavy atom. The van der Waals surface area contributed by atoms with Crippen LogP contribution in [-0.4, -0.2) is 122 Å². The van der Waals surface area contributed by atoms with Crippen LogP contribution in [0, 0.1) is 0 Å². The topological polar surface area (TPSA) is 273 Å². The zero-order valence-corrected chi connectivity index (χ0v) is 22.0. The molecule has 4 radical (unpaired) electrons. The summed E-state index contributed by atoms with van der Waals surface area (Å²) in [7, 11) is -40.2. The molecule has 29 heteroatoms. The smallest absolute Gasteiger partial charge is 0.395 e. The molecule has 4 rings (SSSR count). The van der Waals surface area contributed by atoms with E-state index >= 15 is 0 Å². The van der Waals surface area contributed by atoms with Gasteiger partial charge in [0.1, 0.15) is 0 Å². The molecule has 4 atom stereocenters. The van der Waals surface area contributed by atoms with Crippen molar-refractivity contribution in [1.29, 1.82) is 0 Å². The Balaban J connectivity index is 1.93. The summed E-state index contributed by atoms with van der Waals surface area (Å²) in [5.74, 6) is 0. The van der Waals surface area contributed by atoms with Gasteiger partial charge in [-0.05, 0) is 0 Å². The molecule has 0 aromatic heterocycles. The Bertz CT molecular complexity index is 635. The van der Waals surface area contributed by atoms with Crippen LogP contribution >= 0.6 is 0 Å². The van der Waals surface area contributed by atoms with Gasteiger partial charge in [0.15, 0.2) is 0 Å². The van der Waals surface area contributed by atoms with Crippen LogP contribution in [-0.2, 0) is 49.4 Å². The second kappa shape index (κ2) is 6.83. The highest BCUT2D eigenvalue weighted by Crippen LogP contribution is 2.39. The zero-order chi connectivity index (χ0) is 21.6. The first kappa shape index (κ1) is 23.3. The quantitative estimate of drug-likeness (QED) is 0.134. The average Bonchev–Trinajstić information content (AvgIpc) is 2.36. The van der Waals surface area contributed by atoms with Crippen LogP contribution in [0.2, 0.25) is 0 Å². The molecule has 4 aliphatic rings. The van der Waals surface area contributed by atoms with Crippen molar-refractivity contribution in [3.05, 3.63) is 0 Å². The Hall–Kier alpha value is 1.15. The van der Waals surface area contributed by atoms with Crippen LogP contribution in [0.3, 0.4) is 0 Å². The maximum atomic E-state index is 10.5. The van der Waals surface area contributed by atoms with Crippen LogP contribution in [0.4, 0.5) is 0 Å².